The van der Waals surface area contributed by atoms with Crippen LogP contribution >= 0.6 is 11.6 Å². The van der Waals surface area contributed by atoms with E-state index in [0.717, 1.165) is 30.8 Å². The quantitative estimate of drug-likeness (QED) is 0.128. The number of aliphatic carboxylic acids is 1. The van der Waals surface area contributed by atoms with Gasteiger partial charge in [0.2, 0.25) is 0 Å². The monoisotopic (exact) mass is 722 g/mol. The summed E-state index contributed by atoms with van der Waals surface area (Å²) in [5.41, 5.74) is 2.19. The van der Waals surface area contributed by atoms with Gasteiger partial charge in [0.15, 0.2) is 11.8 Å². The molecule has 3 aromatic carbocycles. The summed E-state index contributed by atoms with van der Waals surface area (Å²) in [6.07, 6.45) is 4.36. The molecule has 0 saturated carbocycles. The first-order valence-corrected chi connectivity index (χ1v) is 17.1. The third kappa shape index (κ3) is 9.11. The molecule has 12 nitrogen and oxygen atoms in total. The van der Waals surface area contributed by atoms with Crippen LogP contribution in [-0.4, -0.2) is 102 Å². The lowest BCUT2D eigenvalue weighted by molar-refractivity contribution is -0.140. The summed E-state index contributed by atoms with van der Waals surface area (Å²) in [6.45, 7) is 3.46. The van der Waals surface area contributed by atoms with Crippen molar-refractivity contribution in [2.75, 3.05) is 52.7 Å². The zero-order valence-corrected chi connectivity index (χ0v) is 28.6. The standard InChI is InChI=1S/C37H40ClFN4O8/c38-29-19-27(21-40-32(22-44)36(45)46)33(48-23-25-9-10-30-31(18-25)42-51-41-30)20-34(29)49-24-37(50-15-5-12-43-13-16-47-17-14-43)11-4-8-28(35(37)39)26-6-2-1-3-7-26/h1-4,6-11,18-20,32,35,40,44H,5,12-17,21-24H2,(H,45,46). The lowest BCUT2D eigenvalue weighted by atomic mass is 9.84. The molecule has 1 aromatic heterocycles. The first-order chi connectivity index (χ1) is 24.8. The van der Waals surface area contributed by atoms with Gasteiger partial charge in [-0.2, -0.15) is 0 Å². The molecular formula is C37H40ClFN4O8. The molecule has 270 valence electrons. The molecular weight excluding hydrogens is 683 g/mol. The number of aliphatic hydroxyl groups is 1. The minimum atomic E-state index is -1.56. The lowest BCUT2D eigenvalue weighted by Crippen LogP contribution is -2.48. The maximum absolute atomic E-state index is 16.8. The zero-order chi connectivity index (χ0) is 35.6. The SMILES string of the molecule is O=C(O)C(CO)NCc1cc(Cl)c(OCC2(OCCCN3CCOCC3)C=CC=C(c3ccccc3)C2F)cc1OCc1ccc2nonc2c1. The highest BCUT2D eigenvalue weighted by atomic mass is 35.5. The molecule has 4 aromatic rings. The Kier molecular flexibility index (Phi) is 12.3. The summed E-state index contributed by atoms with van der Waals surface area (Å²) < 4.78 is 45.9. The van der Waals surface area contributed by atoms with Crippen molar-refractivity contribution in [2.24, 2.45) is 0 Å². The van der Waals surface area contributed by atoms with Crippen molar-refractivity contribution in [2.45, 2.75) is 37.4 Å². The maximum atomic E-state index is 16.8. The predicted octanol–water partition coefficient (Wildman–Crippen LogP) is 4.84. The number of hydrogen-bond donors (Lipinski definition) is 3. The van der Waals surface area contributed by atoms with E-state index >= 15 is 4.39 Å². The number of allylic oxidation sites excluding steroid dienone is 2. The Labute approximate surface area is 299 Å². The Morgan fingerprint density at radius 1 is 1.08 bits per heavy atom. The van der Waals surface area contributed by atoms with Gasteiger partial charge >= 0.3 is 5.97 Å². The molecule has 1 aliphatic carbocycles. The first kappa shape index (κ1) is 36.4. The smallest absolute Gasteiger partial charge is 0.323 e. The Morgan fingerprint density at radius 3 is 2.67 bits per heavy atom. The molecule has 3 N–H and O–H groups in total. The van der Waals surface area contributed by atoms with Crippen LogP contribution < -0.4 is 14.8 Å². The van der Waals surface area contributed by atoms with Crippen LogP contribution in [0, 0.1) is 0 Å². The van der Waals surface area contributed by atoms with Gasteiger partial charge in [-0.1, -0.05) is 60.2 Å². The summed E-state index contributed by atoms with van der Waals surface area (Å²) in [5, 5.41) is 29.7. The Hall–Kier alpha value is -4.37. The number of ether oxygens (including phenoxy) is 4. The van der Waals surface area contributed by atoms with Gasteiger partial charge < -0.3 is 29.2 Å². The number of rotatable bonds is 17. The fourth-order valence-electron chi connectivity index (χ4n) is 5.97. The van der Waals surface area contributed by atoms with Crippen LogP contribution in [0.5, 0.6) is 11.5 Å². The zero-order valence-electron chi connectivity index (χ0n) is 27.9. The molecule has 51 heavy (non-hydrogen) atoms. The highest BCUT2D eigenvalue weighted by molar-refractivity contribution is 6.32. The molecule has 1 saturated heterocycles. The van der Waals surface area contributed by atoms with Crippen molar-refractivity contribution in [3.63, 3.8) is 0 Å². The number of carboxylic acid groups (broad SMARTS) is 1. The highest BCUT2D eigenvalue weighted by Gasteiger charge is 2.43. The first-order valence-electron chi connectivity index (χ1n) is 16.7. The molecule has 0 bridgehead atoms. The largest absolute Gasteiger partial charge is 0.488 e. The normalized spacial score (nSPS) is 19.9. The predicted molar refractivity (Wildman–Crippen MR) is 187 cm³/mol. The fraction of sp³-hybridized carbons (Fsp3) is 0.378. The molecule has 0 radical (unpaired) electrons. The van der Waals surface area contributed by atoms with E-state index in [0.29, 0.717) is 54.2 Å². The van der Waals surface area contributed by atoms with E-state index in [-0.39, 0.29) is 30.5 Å². The number of nitrogens with one attached hydrogen (secondary N) is 1. The van der Waals surface area contributed by atoms with Crippen molar-refractivity contribution >= 4 is 34.2 Å². The number of hydrogen-bond acceptors (Lipinski definition) is 11. The number of benzene rings is 3. The summed E-state index contributed by atoms with van der Waals surface area (Å²) in [6, 6.07) is 16.6. The molecule has 3 unspecified atom stereocenters. The number of halogens is 2. The fourth-order valence-corrected chi connectivity index (χ4v) is 6.21. The Morgan fingerprint density at radius 2 is 1.88 bits per heavy atom. The average Bonchev–Trinajstić information content (AvgIpc) is 3.62. The van der Waals surface area contributed by atoms with Gasteiger partial charge in [-0.05, 0) is 57.7 Å². The Bertz CT molecular complexity index is 1830. The van der Waals surface area contributed by atoms with Gasteiger partial charge in [0.05, 0.1) is 24.8 Å². The van der Waals surface area contributed by atoms with Gasteiger partial charge in [-0.15, -0.1) is 0 Å². The minimum absolute atomic E-state index is 0.00974. The second kappa shape index (κ2) is 17.2. The van der Waals surface area contributed by atoms with Gasteiger partial charge in [0.1, 0.15) is 41.8 Å². The molecule has 1 fully saturated rings. The molecule has 2 heterocycles. The van der Waals surface area contributed by atoms with Crippen LogP contribution in [-0.2, 0) is 27.4 Å². The second-order valence-corrected chi connectivity index (χ2v) is 12.7. The molecule has 0 amide bonds. The van der Waals surface area contributed by atoms with Crippen molar-refractivity contribution in [3.8, 4) is 11.5 Å². The topological polar surface area (TPSA) is 149 Å². The molecule has 6 rings (SSSR count). The number of fused-ring (bicyclic) bond motifs is 1. The summed E-state index contributed by atoms with van der Waals surface area (Å²) in [5.74, 6) is -0.652. The van der Waals surface area contributed by atoms with Crippen LogP contribution in [0.1, 0.15) is 23.1 Å². The second-order valence-electron chi connectivity index (χ2n) is 12.3. The van der Waals surface area contributed by atoms with Crippen molar-refractivity contribution < 1.29 is 43.0 Å². The number of alkyl halides is 1. The van der Waals surface area contributed by atoms with Crippen molar-refractivity contribution in [1.82, 2.24) is 20.5 Å². The minimum Gasteiger partial charge on any atom is -0.488 e. The third-order valence-electron chi connectivity index (χ3n) is 8.86. The number of aliphatic hydroxyl groups excluding tert-OH is 1. The van der Waals surface area contributed by atoms with Gasteiger partial charge in [-0.3, -0.25) is 15.0 Å². The van der Waals surface area contributed by atoms with E-state index in [4.69, 9.17) is 35.2 Å². The van der Waals surface area contributed by atoms with Crippen molar-refractivity contribution in [3.05, 3.63) is 101 Å². The number of carboxylic acids is 1. The summed E-state index contributed by atoms with van der Waals surface area (Å²) in [7, 11) is 0. The average molecular weight is 723 g/mol. The van der Waals surface area contributed by atoms with Gasteiger partial charge in [0, 0.05) is 44.4 Å². The van der Waals surface area contributed by atoms with Crippen LogP contribution in [0.2, 0.25) is 5.02 Å². The highest BCUT2D eigenvalue weighted by Crippen LogP contribution is 2.39. The van der Waals surface area contributed by atoms with Gasteiger partial charge in [0.25, 0.3) is 0 Å². The van der Waals surface area contributed by atoms with E-state index < -0.39 is 30.4 Å². The molecule has 0 spiro atoms. The van der Waals surface area contributed by atoms with Gasteiger partial charge in [-0.25, -0.2) is 9.02 Å². The summed E-state index contributed by atoms with van der Waals surface area (Å²) in [4.78, 5) is 13.9. The van der Waals surface area contributed by atoms with Crippen LogP contribution in [0.15, 0.2) is 83.5 Å². The van der Waals surface area contributed by atoms with Crippen molar-refractivity contribution in [1.29, 1.82) is 0 Å². The lowest BCUT2D eigenvalue weighted by Gasteiger charge is -2.37. The van der Waals surface area contributed by atoms with Crippen LogP contribution in [0.25, 0.3) is 16.6 Å². The van der Waals surface area contributed by atoms with E-state index in [2.05, 4.69) is 20.5 Å². The number of carbonyl (C=O) groups is 1. The molecule has 3 atom stereocenters. The van der Waals surface area contributed by atoms with E-state index in [1.54, 1.807) is 42.5 Å². The number of aromatic nitrogens is 2. The third-order valence-corrected chi connectivity index (χ3v) is 9.15. The molecule has 1 aliphatic heterocycles. The van der Waals surface area contributed by atoms with Crippen LogP contribution in [0.4, 0.5) is 4.39 Å². The van der Waals surface area contributed by atoms with E-state index in [1.165, 1.54) is 0 Å². The van der Waals surface area contributed by atoms with E-state index in [1.807, 2.05) is 36.4 Å². The van der Waals surface area contributed by atoms with Crippen LogP contribution in [0.3, 0.4) is 0 Å². The number of morpholine rings is 1. The maximum Gasteiger partial charge on any atom is 0.323 e. The molecule has 2 aliphatic rings. The number of nitrogens with zero attached hydrogens (tertiary/aromatic N) is 3. The van der Waals surface area contributed by atoms with E-state index in [9.17, 15) is 15.0 Å². The summed E-state index contributed by atoms with van der Waals surface area (Å²) >= 11 is 6.74. The molecule has 14 heteroatoms. The Balaban J connectivity index is 1.23.